The highest BCUT2D eigenvalue weighted by molar-refractivity contribution is 5.93. The van der Waals surface area contributed by atoms with E-state index in [1.54, 1.807) is 19.2 Å². The molecule has 0 radical (unpaired) electrons. The van der Waals surface area contributed by atoms with Crippen LogP contribution in [-0.2, 0) is 11.2 Å². The van der Waals surface area contributed by atoms with Crippen LogP contribution in [0.25, 0.3) is 0 Å². The maximum absolute atomic E-state index is 13.7. The Morgan fingerprint density at radius 1 is 1.27 bits per heavy atom. The van der Waals surface area contributed by atoms with Gasteiger partial charge in [-0.15, -0.1) is 0 Å². The summed E-state index contributed by atoms with van der Waals surface area (Å²) >= 11 is 0. The van der Waals surface area contributed by atoms with Gasteiger partial charge >= 0.3 is 0 Å². The number of hydrogen-bond donors (Lipinski definition) is 1. The topological polar surface area (TPSA) is 76.6 Å². The van der Waals surface area contributed by atoms with E-state index in [1.165, 1.54) is 18.5 Å². The van der Waals surface area contributed by atoms with E-state index in [9.17, 15) is 9.18 Å². The smallest absolute Gasteiger partial charge is 0.270 e. The Hall–Kier alpha value is -2.74. The van der Waals surface area contributed by atoms with Crippen molar-refractivity contribution in [1.82, 2.24) is 15.3 Å². The molecular weight excluding hydrogens is 387 g/mol. The van der Waals surface area contributed by atoms with Gasteiger partial charge in [-0.05, 0) is 56.9 Å². The van der Waals surface area contributed by atoms with Gasteiger partial charge in [0.15, 0.2) is 0 Å². The number of nitrogens with zero attached hydrogens (tertiary/aromatic N) is 3. The second kappa shape index (κ2) is 8.18. The van der Waals surface area contributed by atoms with Crippen LogP contribution in [0.4, 0.5) is 10.2 Å². The number of methoxy groups -OCH3 is 1. The molecule has 1 amide bonds. The highest BCUT2D eigenvalue weighted by atomic mass is 19.1. The lowest BCUT2D eigenvalue weighted by molar-refractivity contribution is -0.00546. The zero-order valence-electron chi connectivity index (χ0n) is 17.5. The van der Waals surface area contributed by atoms with E-state index in [2.05, 4.69) is 20.2 Å². The van der Waals surface area contributed by atoms with Gasteiger partial charge < -0.3 is 19.7 Å². The van der Waals surface area contributed by atoms with Crippen LogP contribution in [0.5, 0.6) is 5.75 Å². The standard InChI is InChI=1S/C22H27FN4O3/c1-14-11-27(12-15(2)30-14)20-9-18(24-13-25-20)21(28)26-22(6-7-22)10-16-8-17(23)4-5-19(16)29-3/h4-5,8-9,13-15H,6-7,10-12H2,1-3H3,(H,26,28)/t14-,15+. The number of ether oxygens (including phenoxy) is 2. The summed E-state index contributed by atoms with van der Waals surface area (Å²) in [7, 11) is 1.56. The molecule has 2 fully saturated rings. The van der Waals surface area contributed by atoms with E-state index in [0.29, 0.717) is 36.8 Å². The number of carbonyl (C=O) groups is 1. The predicted molar refractivity (Wildman–Crippen MR) is 110 cm³/mol. The Morgan fingerprint density at radius 2 is 2.00 bits per heavy atom. The number of hydrogen-bond acceptors (Lipinski definition) is 6. The molecule has 8 heteroatoms. The third-order valence-corrected chi connectivity index (χ3v) is 5.63. The Kier molecular flexibility index (Phi) is 5.60. The molecule has 2 aliphatic rings. The zero-order valence-corrected chi connectivity index (χ0v) is 17.5. The quantitative estimate of drug-likeness (QED) is 0.783. The number of morpholine rings is 1. The fourth-order valence-corrected chi connectivity index (χ4v) is 4.06. The van der Waals surface area contributed by atoms with Gasteiger partial charge in [0.2, 0.25) is 0 Å². The maximum atomic E-state index is 13.7. The van der Waals surface area contributed by atoms with Gasteiger partial charge in [0.05, 0.1) is 19.3 Å². The van der Waals surface area contributed by atoms with E-state index in [1.807, 2.05) is 13.8 Å². The summed E-state index contributed by atoms with van der Waals surface area (Å²) in [6.07, 6.45) is 3.78. The summed E-state index contributed by atoms with van der Waals surface area (Å²) in [6, 6.07) is 6.17. The van der Waals surface area contributed by atoms with Crippen molar-refractivity contribution in [2.45, 2.75) is 50.9 Å². The van der Waals surface area contributed by atoms with Crippen LogP contribution >= 0.6 is 0 Å². The van der Waals surface area contributed by atoms with Crippen molar-refractivity contribution in [3.63, 3.8) is 0 Å². The first-order chi connectivity index (χ1) is 14.4. The van der Waals surface area contributed by atoms with E-state index < -0.39 is 5.54 Å². The molecule has 160 valence electrons. The molecule has 2 atom stereocenters. The second-order valence-corrected chi connectivity index (χ2v) is 8.29. The summed E-state index contributed by atoms with van der Waals surface area (Å²) in [4.78, 5) is 23.6. The minimum atomic E-state index is -0.398. The first-order valence-electron chi connectivity index (χ1n) is 10.2. The van der Waals surface area contributed by atoms with Crippen molar-refractivity contribution < 1.29 is 18.7 Å². The number of benzene rings is 1. The Labute approximate surface area is 175 Å². The molecule has 30 heavy (non-hydrogen) atoms. The van der Waals surface area contributed by atoms with Crippen molar-refractivity contribution in [2.75, 3.05) is 25.1 Å². The molecule has 1 aliphatic carbocycles. The van der Waals surface area contributed by atoms with Gasteiger partial charge in [0.25, 0.3) is 5.91 Å². The SMILES string of the molecule is COc1ccc(F)cc1CC1(NC(=O)c2cc(N3C[C@@H](C)O[C@@H](C)C3)ncn2)CC1. The third-order valence-electron chi connectivity index (χ3n) is 5.63. The van der Waals surface area contributed by atoms with Gasteiger partial charge in [0.1, 0.15) is 29.4 Å². The Bertz CT molecular complexity index is 924. The molecule has 0 unspecified atom stereocenters. The monoisotopic (exact) mass is 414 g/mol. The largest absolute Gasteiger partial charge is 0.496 e. The number of anilines is 1. The van der Waals surface area contributed by atoms with Crippen LogP contribution < -0.4 is 15.0 Å². The minimum absolute atomic E-state index is 0.0944. The summed E-state index contributed by atoms with van der Waals surface area (Å²) in [6.45, 7) is 5.47. The molecule has 7 nitrogen and oxygen atoms in total. The number of amides is 1. The number of halogens is 1. The normalized spacial score (nSPS) is 22.5. The zero-order chi connectivity index (χ0) is 21.3. The molecular formula is C22H27FN4O3. The average Bonchev–Trinajstić information content (AvgIpc) is 3.46. The molecule has 1 N–H and O–H groups in total. The highest BCUT2D eigenvalue weighted by Crippen LogP contribution is 2.40. The molecule has 2 heterocycles. The van der Waals surface area contributed by atoms with Crippen molar-refractivity contribution in [1.29, 1.82) is 0 Å². The molecule has 1 aromatic carbocycles. The first kappa shape index (κ1) is 20.5. The molecule has 1 aliphatic heterocycles. The van der Waals surface area contributed by atoms with Crippen LogP contribution in [0.3, 0.4) is 0 Å². The fraction of sp³-hybridized carbons (Fsp3) is 0.500. The van der Waals surface area contributed by atoms with E-state index in [-0.39, 0.29) is 23.9 Å². The maximum Gasteiger partial charge on any atom is 0.270 e. The number of rotatable bonds is 6. The molecule has 2 aromatic rings. The number of aromatic nitrogens is 2. The Morgan fingerprint density at radius 3 is 2.67 bits per heavy atom. The molecule has 1 aromatic heterocycles. The Balaban J connectivity index is 1.47. The van der Waals surface area contributed by atoms with Crippen LogP contribution in [-0.4, -0.2) is 53.8 Å². The predicted octanol–water partition coefficient (Wildman–Crippen LogP) is 2.74. The molecule has 4 rings (SSSR count). The fourth-order valence-electron chi connectivity index (χ4n) is 4.06. The summed E-state index contributed by atoms with van der Waals surface area (Å²) in [5, 5.41) is 3.10. The highest BCUT2D eigenvalue weighted by Gasteiger charge is 2.45. The molecule has 0 spiro atoms. The van der Waals surface area contributed by atoms with Crippen molar-refractivity contribution in [3.8, 4) is 5.75 Å². The van der Waals surface area contributed by atoms with Crippen molar-refractivity contribution in [2.24, 2.45) is 0 Å². The van der Waals surface area contributed by atoms with Crippen molar-refractivity contribution >= 4 is 11.7 Å². The van der Waals surface area contributed by atoms with Gasteiger partial charge in [-0.25, -0.2) is 14.4 Å². The number of carbonyl (C=O) groups excluding carboxylic acids is 1. The van der Waals surface area contributed by atoms with Gasteiger partial charge in [-0.2, -0.15) is 0 Å². The second-order valence-electron chi connectivity index (χ2n) is 8.29. The average molecular weight is 414 g/mol. The lowest BCUT2D eigenvalue weighted by atomic mass is 10.0. The summed E-state index contributed by atoms with van der Waals surface area (Å²) in [5.74, 6) is 0.772. The minimum Gasteiger partial charge on any atom is -0.496 e. The van der Waals surface area contributed by atoms with Gasteiger partial charge in [-0.3, -0.25) is 4.79 Å². The van der Waals surface area contributed by atoms with Gasteiger partial charge in [-0.1, -0.05) is 0 Å². The molecule has 1 saturated heterocycles. The summed E-state index contributed by atoms with van der Waals surface area (Å²) in [5.41, 5.74) is 0.671. The molecule has 0 bridgehead atoms. The van der Waals surface area contributed by atoms with E-state index in [0.717, 1.165) is 18.4 Å². The third kappa shape index (κ3) is 4.53. The van der Waals surface area contributed by atoms with E-state index in [4.69, 9.17) is 9.47 Å². The van der Waals surface area contributed by atoms with Crippen LogP contribution in [0.2, 0.25) is 0 Å². The van der Waals surface area contributed by atoms with Crippen molar-refractivity contribution in [3.05, 3.63) is 47.7 Å². The lowest BCUT2D eigenvalue weighted by Gasteiger charge is -2.36. The number of nitrogens with one attached hydrogen (secondary N) is 1. The van der Waals surface area contributed by atoms with Crippen LogP contribution in [0.1, 0.15) is 42.7 Å². The summed E-state index contributed by atoms with van der Waals surface area (Å²) < 4.78 is 24.8. The van der Waals surface area contributed by atoms with Crippen LogP contribution in [0.15, 0.2) is 30.6 Å². The van der Waals surface area contributed by atoms with Gasteiger partial charge in [0, 0.05) is 24.7 Å². The molecule has 1 saturated carbocycles. The first-order valence-corrected chi connectivity index (χ1v) is 10.2. The van der Waals surface area contributed by atoms with E-state index >= 15 is 0 Å². The lowest BCUT2D eigenvalue weighted by Crippen LogP contribution is -2.46. The van der Waals surface area contributed by atoms with Crippen LogP contribution in [0, 0.1) is 5.82 Å².